The van der Waals surface area contributed by atoms with Gasteiger partial charge in [0.2, 0.25) is 0 Å². The van der Waals surface area contributed by atoms with E-state index >= 15 is 0 Å². The fraction of sp³-hybridized carbons (Fsp3) is 0.0909. The van der Waals surface area contributed by atoms with Gasteiger partial charge in [-0.25, -0.2) is 0 Å². The first kappa shape index (κ1) is 19.4. The Morgan fingerprint density at radius 3 is 2.29 bits per heavy atom. The standard InChI is InChI=1S/C33H23NS/c1-33(2)27-9-5-3-7-21(27)22-13-11-20(18-28(22)33)19-12-16-29-26(17-19)24-14-15-25-23-8-4-6-10-30(23)35-32(25)31(24)34-29/h3-18,34H,1-2H3. The third-order valence-corrected chi connectivity index (χ3v) is 9.24. The Morgan fingerprint density at radius 2 is 1.34 bits per heavy atom. The predicted octanol–water partition coefficient (Wildman–Crippen LogP) is 9.66. The number of fused-ring (bicyclic) bond motifs is 10. The maximum atomic E-state index is 3.74. The quantitative estimate of drug-likeness (QED) is 0.248. The highest BCUT2D eigenvalue weighted by molar-refractivity contribution is 7.26. The van der Waals surface area contributed by atoms with E-state index in [0.29, 0.717) is 0 Å². The molecule has 1 N–H and O–H groups in total. The van der Waals surface area contributed by atoms with Crippen molar-refractivity contribution < 1.29 is 0 Å². The summed E-state index contributed by atoms with van der Waals surface area (Å²) in [6, 6.07) is 36.0. The molecule has 1 nitrogen and oxygen atoms in total. The van der Waals surface area contributed by atoms with Crippen LogP contribution in [0, 0.1) is 0 Å². The number of hydrogen-bond acceptors (Lipinski definition) is 1. The Hall–Kier alpha value is -3.88. The number of rotatable bonds is 1. The molecule has 7 aromatic rings. The summed E-state index contributed by atoms with van der Waals surface area (Å²) >= 11 is 1.88. The van der Waals surface area contributed by atoms with Gasteiger partial charge in [-0.3, -0.25) is 0 Å². The lowest BCUT2D eigenvalue weighted by molar-refractivity contribution is 0.660. The number of H-pyrrole nitrogens is 1. The zero-order valence-electron chi connectivity index (χ0n) is 19.6. The third kappa shape index (κ3) is 2.53. The molecule has 0 atom stereocenters. The summed E-state index contributed by atoms with van der Waals surface area (Å²) in [5.74, 6) is 0. The monoisotopic (exact) mass is 465 g/mol. The molecule has 2 heteroatoms. The van der Waals surface area contributed by atoms with Crippen molar-refractivity contribution in [2.24, 2.45) is 0 Å². The lowest BCUT2D eigenvalue weighted by atomic mass is 9.81. The second-order valence-corrected chi connectivity index (χ2v) is 11.3. The van der Waals surface area contributed by atoms with Crippen molar-refractivity contribution in [1.29, 1.82) is 0 Å². The van der Waals surface area contributed by atoms with Gasteiger partial charge in [0.1, 0.15) is 0 Å². The van der Waals surface area contributed by atoms with Crippen molar-refractivity contribution in [2.45, 2.75) is 19.3 Å². The Morgan fingerprint density at radius 1 is 0.600 bits per heavy atom. The molecule has 0 aliphatic heterocycles. The summed E-state index contributed by atoms with van der Waals surface area (Å²) in [6.07, 6.45) is 0. The summed E-state index contributed by atoms with van der Waals surface area (Å²) in [6.45, 7) is 4.70. The minimum atomic E-state index is 0.0135. The van der Waals surface area contributed by atoms with E-state index in [2.05, 4.69) is 116 Å². The lowest BCUT2D eigenvalue weighted by Gasteiger charge is -2.22. The fourth-order valence-corrected chi connectivity index (χ4v) is 7.42. The molecular weight excluding hydrogens is 442 g/mol. The van der Waals surface area contributed by atoms with Crippen LogP contribution < -0.4 is 0 Å². The maximum Gasteiger partial charge on any atom is 0.0646 e. The highest BCUT2D eigenvalue weighted by Crippen LogP contribution is 2.49. The van der Waals surface area contributed by atoms with Gasteiger partial charge in [0.05, 0.1) is 10.2 Å². The first-order chi connectivity index (χ1) is 17.1. The molecule has 0 saturated heterocycles. The van der Waals surface area contributed by atoms with E-state index in [1.54, 1.807) is 0 Å². The van der Waals surface area contributed by atoms with Crippen LogP contribution in [0.3, 0.4) is 0 Å². The molecular formula is C33H23NS. The maximum absolute atomic E-state index is 3.74. The molecule has 2 aromatic heterocycles. The van der Waals surface area contributed by atoms with Crippen LogP contribution in [-0.4, -0.2) is 4.98 Å². The highest BCUT2D eigenvalue weighted by Gasteiger charge is 2.35. The lowest BCUT2D eigenvalue weighted by Crippen LogP contribution is -2.14. The third-order valence-electron chi connectivity index (χ3n) is 8.03. The van der Waals surface area contributed by atoms with Gasteiger partial charge in [0, 0.05) is 37.2 Å². The van der Waals surface area contributed by atoms with E-state index in [4.69, 9.17) is 0 Å². The van der Waals surface area contributed by atoms with Gasteiger partial charge < -0.3 is 4.98 Å². The Balaban J connectivity index is 1.33. The Kier molecular flexibility index (Phi) is 3.67. The first-order valence-electron chi connectivity index (χ1n) is 12.2. The largest absolute Gasteiger partial charge is 0.353 e. The molecule has 1 aliphatic carbocycles. The van der Waals surface area contributed by atoms with Gasteiger partial charge in [0.15, 0.2) is 0 Å². The normalized spacial score (nSPS) is 14.2. The van der Waals surface area contributed by atoms with Crippen molar-refractivity contribution in [3.63, 3.8) is 0 Å². The van der Waals surface area contributed by atoms with Crippen molar-refractivity contribution >= 4 is 53.3 Å². The number of nitrogens with one attached hydrogen (secondary N) is 1. The highest BCUT2D eigenvalue weighted by atomic mass is 32.1. The molecule has 35 heavy (non-hydrogen) atoms. The van der Waals surface area contributed by atoms with E-state index in [0.717, 1.165) is 0 Å². The Labute approximate surface area is 207 Å². The van der Waals surface area contributed by atoms with E-state index in [-0.39, 0.29) is 5.41 Å². The molecule has 0 fully saturated rings. The van der Waals surface area contributed by atoms with Crippen LogP contribution in [0.2, 0.25) is 0 Å². The summed E-state index contributed by atoms with van der Waals surface area (Å²) in [5.41, 5.74) is 10.6. The Bertz CT molecular complexity index is 1980. The van der Waals surface area contributed by atoms with Crippen LogP contribution in [0.4, 0.5) is 0 Å². The molecule has 0 saturated carbocycles. The molecule has 0 unspecified atom stereocenters. The average molecular weight is 466 g/mol. The minimum absolute atomic E-state index is 0.0135. The number of aromatic nitrogens is 1. The molecule has 0 spiro atoms. The molecule has 166 valence electrons. The number of aromatic amines is 1. The van der Waals surface area contributed by atoms with Crippen LogP contribution in [0.15, 0.2) is 97.1 Å². The SMILES string of the molecule is CC1(C)c2ccccc2-c2ccc(-c3ccc4[nH]c5c(ccc6c7ccccc7sc65)c4c3)cc21. The van der Waals surface area contributed by atoms with Crippen LogP contribution in [0.5, 0.6) is 0 Å². The second kappa shape index (κ2) is 6.62. The number of thiophene rings is 1. The molecule has 5 aromatic carbocycles. The zero-order chi connectivity index (χ0) is 23.3. The van der Waals surface area contributed by atoms with E-state index in [9.17, 15) is 0 Å². The summed E-state index contributed by atoms with van der Waals surface area (Å²) < 4.78 is 2.69. The van der Waals surface area contributed by atoms with E-state index in [1.807, 2.05) is 11.3 Å². The molecule has 1 aliphatic rings. The van der Waals surface area contributed by atoms with E-state index in [1.165, 1.54) is 75.4 Å². The van der Waals surface area contributed by atoms with Crippen molar-refractivity contribution in [3.05, 3.63) is 108 Å². The van der Waals surface area contributed by atoms with Gasteiger partial charge in [0.25, 0.3) is 0 Å². The topological polar surface area (TPSA) is 15.8 Å². The summed E-state index contributed by atoms with van der Waals surface area (Å²) in [4.78, 5) is 3.74. The van der Waals surface area contributed by atoms with Gasteiger partial charge in [-0.15, -0.1) is 11.3 Å². The first-order valence-corrected chi connectivity index (χ1v) is 13.0. The predicted molar refractivity (Wildman–Crippen MR) is 152 cm³/mol. The minimum Gasteiger partial charge on any atom is -0.353 e. The molecule has 0 amide bonds. The van der Waals surface area contributed by atoms with Crippen LogP contribution in [0.1, 0.15) is 25.0 Å². The average Bonchev–Trinajstić information content (AvgIpc) is 3.52. The number of benzene rings is 5. The molecule has 0 bridgehead atoms. The smallest absolute Gasteiger partial charge is 0.0646 e. The van der Waals surface area contributed by atoms with E-state index < -0.39 is 0 Å². The summed E-state index contributed by atoms with van der Waals surface area (Å²) in [5, 5.41) is 5.27. The van der Waals surface area contributed by atoms with Gasteiger partial charge in [-0.1, -0.05) is 86.6 Å². The zero-order valence-corrected chi connectivity index (χ0v) is 20.5. The second-order valence-electron chi connectivity index (χ2n) is 10.3. The van der Waals surface area contributed by atoms with Gasteiger partial charge in [-0.2, -0.15) is 0 Å². The molecule has 2 heterocycles. The van der Waals surface area contributed by atoms with Gasteiger partial charge in [-0.05, 0) is 57.6 Å². The number of hydrogen-bond donors (Lipinski definition) is 1. The molecule has 8 rings (SSSR count). The van der Waals surface area contributed by atoms with Crippen molar-refractivity contribution in [3.8, 4) is 22.3 Å². The van der Waals surface area contributed by atoms with Crippen molar-refractivity contribution in [2.75, 3.05) is 0 Å². The van der Waals surface area contributed by atoms with Crippen LogP contribution in [0.25, 0.3) is 64.2 Å². The summed E-state index contributed by atoms with van der Waals surface area (Å²) in [7, 11) is 0. The molecule has 0 radical (unpaired) electrons. The van der Waals surface area contributed by atoms with Crippen molar-refractivity contribution in [1.82, 2.24) is 4.98 Å². The van der Waals surface area contributed by atoms with Crippen LogP contribution in [-0.2, 0) is 5.41 Å². The van der Waals surface area contributed by atoms with Gasteiger partial charge >= 0.3 is 0 Å². The fourth-order valence-electron chi connectivity index (χ4n) is 6.21. The van der Waals surface area contributed by atoms with Crippen LogP contribution >= 0.6 is 11.3 Å².